The molecule has 0 radical (unpaired) electrons. The maximum Gasteiger partial charge on any atom is 0.326 e. The number of carbonyl (C=O) groups is 1. The van der Waals surface area contributed by atoms with Crippen LogP contribution in [0, 0.1) is 23.0 Å². The molecule has 0 fully saturated rings. The van der Waals surface area contributed by atoms with Crippen molar-refractivity contribution >= 4 is 17.3 Å². The fourth-order valence-corrected chi connectivity index (χ4v) is 3.22. The van der Waals surface area contributed by atoms with Crippen LogP contribution in [0.1, 0.15) is 23.5 Å². The van der Waals surface area contributed by atoms with E-state index >= 15 is 0 Å². The maximum atomic E-state index is 11.4. The Morgan fingerprint density at radius 3 is 2.90 bits per heavy atom. The molecule has 0 unspecified atom stereocenters. The lowest BCUT2D eigenvalue weighted by atomic mass is 9.78. The van der Waals surface area contributed by atoms with E-state index in [1.165, 1.54) is 6.07 Å². The van der Waals surface area contributed by atoms with Crippen LogP contribution >= 0.6 is 0 Å². The minimum Gasteiger partial charge on any atom is -0.480 e. The molecule has 0 bridgehead atoms. The average molecular weight is 274 g/mol. The summed E-state index contributed by atoms with van der Waals surface area (Å²) in [5, 5.41) is 23.4. The predicted molar refractivity (Wildman–Crippen MR) is 72.9 cm³/mol. The van der Waals surface area contributed by atoms with Crippen molar-refractivity contribution in [1.29, 1.82) is 0 Å². The highest BCUT2D eigenvalue weighted by atomic mass is 16.6. The van der Waals surface area contributed by atoms with Crippen LogP contribution in [0.2, 0.25) is 0 Å². The summed E-state index contributed by atoms with van der Waals surface area (Å²) in [5.74, 6) is -1.11. The second kappa shape index (κ2) is 4.33. The van der Waals surface area contributed by atoms with Gasteiger partial charge in [0.05, 0.1) is 4.92 Å². The van der Waals surface area contributed by atoms with E-state index in [0.29, 0.717) is 12.1 Å². The van der Waals surface area contributed by atoms with E-state index in [1.807, 2.05) is 25.1 Å². The molecule has 20 heavy (non-hydrogen) atoms. The first kappa shape index (κ1) is 12.7. The molecule has 0 amide bonds. The van der Waals surface area contributed by atoms with E-state index in [9.17, 15) is 20.0 Å². The lowest BCUT2D eigenvalue weighted by Gasteiger charge is -2.34. The van der Waals surface area contributed by atoms with Crippen molar-refractivity contribution in [3.63, 3.8) is 0 Å². The Balaban J connectivity index is 2.19. The second-order valence-electron chi connectivity index (χ2n) is 5.32. The Morgan fingerprint density at radius 1 is 1.50 bits per heavy atom. The summed E-state index contributed by atoms with van der Waals surface area (Å²) < 4.78 is 0. The number of carboxylic acids is 1. The van der Waals surface area contributed by atoms with Gasteiger partial charge in [-0.15, -0.1) is 0 Å². The molecule has 0 spiro atoms. The smallest absolute Gasteiger partial charge is 0.326 e. The standard InChI is InChI=1S/C14H14N2O4/c1-7-5-10-8-3-2-4-9(8)13(14(17)18)15-12(10)11(6-7)16(19)20/h2-3,5-6,8-9,13,15H,4H2,1H3,(H,17,18)/t8-,9-,13+/m1/s1. The summed E-state index contributed by atoms with van der Waals surface area (Å²) in [7, 11) is 0. The fraction of sp³-hybridized carbons (Fsp3) is 0.357. The SMILES string of the molecule is Cc1cc2c(c([N+](=O)[O-])c1)N[C@H](C(=O)O)[C@@H]1CC=C[C@@H]21. The number of nitrogens with one attached hydrogen (secondary N) is 1. The van der Waals surface area contributed by atoms with Crippen LogP contribution in [0.25, 0.3) is 0 Å². The topological polar surface area (TPSA) is 92.5 Å². The largest absolute Gasteiger partial charge is 0.480 e. The predicted octanol–water partition coefficient (Wildman–Crippen LogP) is 2.44. The molecule has 3 rings (SSSR count). The molecular formula is C14H14N2O4. The van der Waals surface area contributed by atoms with Crippen molar-refractivity contribution in [3.8, 4) is 0 Å². The van der Waals surface area contributed by atoms with E-state index in [-0.39, 0.29) is 17.5 Å². The Labute approximate surface area is 115 Å². The monoisotopic (exact) mass is 274 g/mol. The zero-order chi connectivity index (χ0) is 14.4. The third-order valence-corrected chi connectivity index (χ3v) is 4.06. The van der Waals surface area contributed by atoms with Crippen LogP contribution < -0.4 is 5.32 Å². The van der Waals surface area contributed by atoms with E-state index < -0.39 is 16.9 Å². The Morgan fingerprint density at radius 2 is 2.25 bits per heavy atom. The minimum absolute atomic E-state index is 0.0509. The van der Waals surface area contributed by atoms with Gasteiger partial charge in [0.2, 0.25) is 0 Å². The molecule has 2 aliphatic rings. The summed E-state index contributed by atoms with van der Waals surface area (Å²) >= 11 is 0. The number of nitro groups is 1. The molecule has 104 valence electrons. The first-order chi connectivity index (χ1) is 9.49. The number of anilines is 1. The second-order valence-corrected chi connectivity index (χ2v) is 5.32. The highest BCUT2D eigenvalue weighted by molar-refractivity contribution is 5.83. The van der Waals surface area contributed by atoms with E-state index in [4.69, 9.17) is 0 Å². The van der Waals surface area contributed by atoms with Gasteiger partial charge in [-0.1, -0.05) is 18.2 Å². The molecule has 0 saturated carbocycles. The molecule has 1 aromatic rings. The van der Waals surface area contributed by atoms with Gasteiger partial charge in [0.25, 0.3) is 5.69 Å². The number of fused-ring (bicyclic) bond motifs is 3. The third-order valence-electron chi connectivity index (χ3n) is 4.06. The van der Waals surface area contributed by atoms with Crippen LogP contribution in [0.4, 0.5) is 11.4 Å². The van der Waals surface area contributed by atoms with Crippen molar-refractivity contribution < 1.29 is 14.8 Å². The number of rotatable bonds is 2. The number of nitro benzene ring substituents is 1. The normalized spacial score (nSPS) is 26.6. The van der Waals surface area contributed by atoms with Crippen molar-refractivity contribution in [2.75, 3.05) is 5.32 Å². The molecule has 3 atom stereocenters. The maximum absolute atomic E-state index is 11.4. The lowest BCUT2D eigenvalue weighted by molar-refractivity contribution is -0.384. The minimum atomic E-state index is -0.968. The number of aryl methyl sites for hydroxylation is 1. The summed E-state index contributed by atoms with van der Waals surface area (Å²) in [6, 6.07) is 2.59. The molecule has 2 N–H and O–H groups in total. The van der Waals surface area contributed by atoms with Crippen molar-refractivity contribution in [3.05, 3.63) is 45.5 Å². The van der Waals surface area contributed by atoms with Crippen LogP contribution in [-0.4, -0.2) is 22.0 Å². The quantitative estimate of drug-likeness (QED) is 0.491. The van der Waals surface area contributed by atoms with Crippen LogP contribution in [0.3, 0.4) is 0 Å². The number of allylic oxidation sites excluding steroid dienone is 2. The third kappa shape index (κ3) is 1.76. The van der Waals surface area contributed by atoms with Gasteiger partial charge >= 0.3 is 5.97 Å². The number of aliphatic carboxylic acids is 1. The van der Waals surface area contributed by atoms with Gasteiger partial charge in [-0.2, -0.15) is 0 Å². The lowest BCUT2D eigenvalue weighted by Crippen LogP contribution is -2.42. The summed E-state index contributed by atoms with van der Waals surface area (Å²) in [6.45, 7) is 1.81. The van der Waals surface area contributed by atoms with E-state index in [0.717, 1.165) is 11.1 Å². The van der Waals surface area contributed by atoms with E-state index in [2.05, 4.69) is 5.32 Å². The number of hydrogen-bond acceptors (Lipinski definition) is 4. The molecule has 0 saturated heterocycles. The van der Waals surface area contributed by atoms with Gasteiger partial charge in [-0.05, 0) is 24.5 Å². The van der Waals surface area contributed by atoms with Crippen LogP contribution in [-0.2, 0) is 4.79 Å². The van der Waals surface area contributed by atoms with Gasteiger partial charge in [-0.3, -0.25) is 10.1 Å². The van der Waals surface area contributed by atoms with Crippen LogP contribution in [0.15, 0.2) is 24.3 Å². The van der Waals surface area contributed by atoms with E-state index in [1.54, 1.807) is 0 Å². The highest BCUT2D eigenvalue weighted by Crippen LogP contribution is 2.47. The molecule has 6 heteroatoms. The van der Waals surface area contributed by atoms with Gasteiger partial charge in [0, 0.05) is 17.9 Å². The Kier molecular flexibility index (Phi) is 2.74. The Bertz CT molecular complexity index is 638. The zero-order valence-corrected chi connectivity index (χ0v) is 10.9. The van der Waals surface area contributed by atoms with Gasteiger partial charge in [0.15, 0.2) is 0 Å². The first-order valence-corrected chi connectivity index (χ1v) is 6.44. The number of hydrogen-bond donors (Lipinski definition) is 2. The highest BCUT2D eigenvalue weighted by Gasteiger charge is 2.43. The summed E-state index contributed by atoms with van der Waals surface area (Å²) in [6.07, 6.45) is 4.59. The molecule has 1 aromatic carbocycles. The fourth-order valence-electron chi connectivity index (χ4n) is 3.22. The molecule has 1 heterocycles. The summed E-state index contributed by atoms with van der Waals surface area (Å²) in [4.78, 5) is 22.1. The van der Waals surface area contributed by atoms with Crippen LogP contribution in [0.5, 0.6) is 0 Å². The molecule has 6 nitrogen and oxygen atoms in total. The zero-order valence-electron chi connectivity index (χ0n) is 10.9. The molecule has 0 aromatic heterocycles. The number of carboxylic acid groups (broad SMARTS) is 1. The number of nitrogens with zero attached hydrogens (tertiary/aromatic N) is 1. The molecule has 1 aliphatic carbocycles. The first-order valence-electron chi connectivity index (χ1n) is 6.44. The number of benzene rings is 1. The van der Waals surface area contributed by atoms with Gasteiger partial charge < -0.3 is 10.4 Å². The Hall–Kier alpha value is -2.37. The molecular weight excluding hydrogens is 260 g/mol. The van der Waals surface area contributed by atoms with Gasteiger partial charge in [0.1, 0.15) is 11.7 Å². The van der Waals surface area contributed by atoms with Crippen molar-refractivity contribution in [2.24, 2.45) is 5.92 Å². The molecule has 1 aliphatic heterocycles. The van der Waals surface area contributed by atoms with Crippen molar-refractivity contribution in [1.82, 2.24) is 0 Å². The van der Waals surface area contributed by atoms with Gasteiger partial charge in [-0.25, -0.2) is 4.79 Å². The average Bonchev–Trinajstić information content (AvgIpc) is 2.85. The van der Waals surface area contributed by atoms with Crippen molar-refractivity contribution in [2.45, 2.75) is 25.3 Å². The summed E-state index contributed by atoms with van der Waals surface area (Å²) in [5.41, 5.74) is 1.93.